The van der Waals surface area contributed by atoms with Crippen molar-refractivity contribution >= 4 is 32.9 Å². The van der Waals surface area contributed by atoms with Gasteiger partial charge in [-0.1, -0.05) is 40.2 Å². The summed E-state index contributed by atoms with van der Waals surface area (Å²) in [6, 6.07) is 16.5. The topological polar surface area (TPSA) is 29.9 Å². The molecule has 3 aromatic rings. The first-order valence-corrected chi connectivity index (χ1v) is 7.51. The van der Waals surface area contributed by atoms with Crippen molar-refractivity contribution in [2.24, 2.45) is 0 Å². The minimum atomic E-state index is 0.767. The van der Waals surface area contributed by atoms with Crippen LogP contribution in [0.2, 0.25) is 0 Å². The summed E-state index contributed by atoms with van der Waals surface area (Å²) in [5.74, 6) is 0.925. The standard InChI is InChI=1S/C16H16BrN3/c1-2-20-15-9-4-3-8-14(15)19-16(20)18-11-12-6-5-7-13(17)10-12/h3-10H,2,11H2,1H3,(H,18,19). The van der Waals surface area contributed by atoms with Crippen LogP contribution in [0.1, 0.15) is 12.5 Å². The number of rotatable bonds is 4. The van der Waals surface area contributed by atoms with E-state index in [1.807, 2.05) is 30.3 Å². The molecule has 0 aliphatic heterocycles. The Kier molecular flexibility index (Phi) is 3.74. The molecular formula is C16H16BrN3. The Morgan fingerprint density at radius 3 is 2.80 bits per heavy atom. The molecule has 0 saturated heterocycles. The van der Waals surface area contributed by atoms with Gasteiger partial charge in [0.2, 0.25) is 5.95 Å². The highest BCUT2D eigenvalue weighted by Crippen LogP contribution is 2.20. The Balaban J connectivity index is 1.87. The summed E-state index contributed by atoms with van der Waals surface area (Å²) in [5.41, 5.74) is 3.44. The molecule has 0 amide bonds. The Morgan fingerprint density at radius 2 is 2.00 bits per heavy atom. The summed E-state index contributed by atoms with van der Waals surface area (Å²) in [7, 11) is 0. The highest BCUT2D eigenvalue weighted by atomic mass is 79.9. The van der Waals surface area contributed by atoms with Gasteiger partial charge in [-0.05, 0) is 36.8 Å². The first-order chi connectivity index (χ1) is 9.78. The minimum Gasteiger partial charge on any atom is -0.352 e. The van der Waals surface area contributed by atoms with Crippen molar-refractivity contribution in [3.63, 3.8) is 0 Å². The number of fused-ring (bicyclic) bond motifs is 1. The maximum Gasteiger partial charge on any atom is 0.204 e. The Bertz CT molecular complexity index is 733. The zero-order chi connectivity index (χ0) is 13.9. The zero-order valence-electron chi connectivity index (χ0n) is 11.3. The predicted octanol–water partition coefficient (Wildman–Crippen LogP) is 4.43. The minimum absolute atomic E-state index is 0.767. The van der Waals surface area contributed by atoms with Gasteiger partial charge in [-0.15, -0.1) is 0 Å². The highest BCUT2D eigenvalue weighted by Gasteiger charge is 2.08. The van der Waals surface area contributed by atoms with Gasteiger partial charge in [0.1, 0.15) is 0 Å². The molecule has 0 fully saturated rings. The first kappa shape index (κ1) is 13.2. The van der Waals surface area contributed by atoms with Crippen LogP contribution in [0.25, 0.3) is 11.0 Å². The Morgan fingerprint density at radius 1 is 1.15 bits per heavy atom. The summed E-state index contributed by atoms with van der Waals surface area (Å²) < 4.78 is 3.30. The number of anilines is 1. The molecule has 0 bridgehead atoms. The van der Waals surface area contributed by atoms with Gasteiger partial charge in [0.05, 0.1) is 11.0 Å². The lowest BCUT2D eigenvalue weighted by Crippen LogP contribution is -2.06. The molecule has 2 aromatic carbocycles. The number of nitrogens with zero attached hydrogens (tertiary/aromatic N) is 2. The largest absolute Gasteiger partial charge is 0.352 e. The van der Waals surface area contributed by atoms with Crippen LogP contribution in [0, 0.1) is 0 Å². The monoisotopic (exact) mass is 329 g/mol. The van der Waals surface area contributed by atoms with E-state index in [1.54, 1.807) is 0 Å². The fourth-order valence-electron chi connectivity index (χ4n) is 2.36. The summed E-state index contributed by atoms with van der Waals surface area (Å²) >= 11 is 3.50. The summed E-state index contributed by atoms with van der Waals surface area (Å²) in [5, 5.41) is 3.43. The summed E-state index contributed by atoms with van der Waals surface area (Å²) in [4.78, 5) is 4.66. The van der Waals surface area contributed by atoms with Gasteiger partial charge >= 0.3 is 0 Å². The quantitative estimate of drug-likeness (QED) is 0.767. The van der Waals surface area contributed by atoms with E-state index in [0.717, 1.165) is 29.0 Å². The lowest BCUT2D eigenvalue weighted by molar-refractivity contribution is 0.787. The summed E-state index contributed by atoms with van der Waals surface area (Å²) in [6.07, 6.45) is 0. The van der Waals surface area contributed by atoms with Crippen LogP contribution in [0.5, 0.6) is 0 Å². The van der Waals surface area contributed by atoms with Crippen LogP contribution >= 0.6 is 15.9 Å². The van der Waals surface area contributed by atoms with Crippen LogP contribution in [-0.4, -0.2) is 9.55 Å². The van der Waals surface area contributed by atoms with Crippen molar-refractivity contribution < 1.29 is 0 Å². The summed E-state index contributed by atoms with van der Waals surface area (Å²) in [6.45, 7) is 3.81. The molecule has 0 radical (unpaired) electrons. The van der Waals surface area contributed by atoms with Gasteiger partial charge in [-0.25, -0.2) is 4.98 Å². The van der Waals surface area contributed by atoms with E-state index >= 15 is 0 Å². The maximum absolute atomic E-state index is 4.66. The van der Waals surface area contributed by atoms with Crippen LogP contribution in [0.3, 0.4) is 0 Å². The van der Waals surface area contributed by atoms with Crippen molar-refractivity contribution in [3.05, 3.63) is 58.6 Å². The number of nitrogens with one attached hydrogen (secondary N) is 1. The van der Waals surface area contributed by atoms with E-state index in [0.29, 0.717) is 0 Å². The molecule has 0 unspecified atom stereocenters. The smallest absolute Gasteiger partial charge is 0.204 e. The van der Waals surface area contributed by atoms with Crippen molar-refractivity contribution in [1.29, 1.82) is 0 Å². The SMILES string of the molecule is CCn1c(NCc2cccc(Br)c2)nc2ccccc21. The third kappa shape index (κ3) is 2.56. The van der Waals surface area contributed by atoms with E-state index < -0.39 is 0 Å². The second-order valence-corrected chi connectivity index (χ2v) is 5.57. The van der Waals surface area contributed by atoms with Crippen LogP contribution in [0.15, 0.2) is 53.0 Å². The number of aromatic nitrogens is 2. The average Bonchev–Trinajstić information content (AvgIpc) is 2.82. The highest BCUT2D eigenvalue weighted by molar-refractivity contribution is 9.10. The van der Waals surface area contributed by atoms with Crippen LogP contribution < -0.4 is 5.32 Å². The number of hydrogen-bond donors (Lipinski definition) is 1. The molecule has 0 aliphatic rings. The third-order valence-corrected chi connectivity index (χ3v) is 3.80. The van der Waals surface area contributed by atoms with E-state index in [9.17, 15) is 0 Å². The molecule has 0 spiro atoms. The molecule has 3 rings (SSSR count). The van der Waals surface area contributed by atoms with E-state index in [1.165, 1.54) is 11.1 Å². The number of benzene rings is 2. The van der Waals surface area contributed by atoms with Gasteiger partial charge in [0.25, 0.3) is 0 Å². The molecule has 3 nitrogen and oxygen atoms in total. The van der Waals surface area contributed by atoms with Gasteiger partial charge in [0, 0.05) is 17.6 Å². The van der Waals surface area contributed by atoms with Gasteiger partial charge in [-0.3, -0.25) is 0 Å². The molecule has 4 heteroatoms. The van der Waals surface area contributed by atoms with Gasteiger partial charge < -0.3 is 9.88 Å². The van der Waals surface area contributed by atoms with E-state index in [2.05, 4.69) is 55.9 Å². The number of halogens is 1. The van der Waals surface area contributed by atoms with Crippen LogP contribution in [0.4, 0.5) is 5.95 Å². The van der Waals surface area contributed by atoms with Crippen molar-refractivity contribution in [3.8, 4) is 0 Å². The van der Waals surface area contributed by atoms with Crippen LogP contribution in [-0.2, 0) is 13.1 Å². The van der Waals surface area contributed by atoms with Crippen molar-refractivity contribution in [2.45, 2.75) is 20.0 Å². The molecule has 0 saturated carbocycles. The second-order valence-electron chi connectivity index (χ2n) is 4.65. The molecule has 1 heterocycles. The molecule has 0 atom stereocenters. The molecular weight excluding hydrogens is 314 g/mol. The predicted molar refractivity (Wildman–Crippen MR) is 86.9 cm³/mol. The normalized spacial score (nSPS) is 10.9. The molecule has 1 N–H and O–H groups in total. The third-order valence-electron chi connectivity index (χ3n) is 3.31. The van der Waals surface area contributed by atoms with Crippen molar-refractivity contribution in [1.82, 2.24) is 9.55 Å². The molecule has 102 valence electrons. The molecule has 1 aromatic heterocycles. The number of hydrogen-bond acceptors (Lipinski definition) is 2. The molecule has 20 heavy (non-hydrogen) atoms. The Labute approximate surface area is 126 Å². The molecule has 0 aliphatic carbocycles. The second kappa shape index (κ2) is 5.67. The fraction of sp³-hybridized carbons (Fsp3) is 0.188. The number of para-hydroxylation sites is 2. The lowest BCUT2D eigenvalue weighted by Gasteiger charge is -2.08. The lowest BCUT2D eigenvalue weighted by atomic mass is 10.2. The number of imidazole rings is 1. The van der Waals surface area contributed by atoms with Crippen molar-refractivity contribution in [2.75, 3.05) is 5.32 Å². The van der Waals surface area contributed by atoms with E-state index in [4.69, 9.17) is 0 Å². The average molecular weight is 330 g/mol. The Hall–Kier alpha value is -1.81. The fourth-order valence-corrected chi connectivity index (χ4v) is 2.81. The maximum atomic E-state index is 4.66. The zero-order valence-corrected chi connectivity index (χ0v) is 12.9. The van der Waals surface area contributed by atoms with E-state index in [-0.39, 0.29) is 0 Å². The first-order valence-electron chi connectivity index (χ1n) is 6.71. The number of aryl methyl sites for hydroxylation is 1. The van der Waals surface area contributed by atoms with Gasteiger partial charge in [0.15, 0.2) is 0 Å². The van der Waals surface area contributed by atoms with Gasteiger partial charge in [-0.2, -0.15) is 0 Å².